The molecule has 0 fully saturated rings. The van der Waals surface area contributed by atoms with Gasteiger partial charge in [0.1, 0.15) is 11.5 Å². The van der Waals surface area contributed by atoms with Crippen molar-refractivity contribution in [3.05, 3.63) is 45.0 Å². The molecule has 0 saturated carbocycles. The number of nitrogen functional groups attached to an aromatic ring is 1. The van der Waals surface area contributed by atoms with Gasteiger partial charge in [0.2, 0.25) is 0 Å². The van der Waals surface area contributed by atoms with Crippen molar-refractivity contribution in [3.8, 4) is 11.1 Å². The van der Waals surface area contributed by atoms with Crippen molar-refractivity contribution in [2.45, 2.75) is 6.18 Å². The molecule has 1 aromatic carbocycles. The zero-order valence-corrected chi connectivity index (χ0v) is 11.9. The van der Waals surface area contributed by atoms with E-state index < -0.39 is 11.9 Å². The maximum atomic E-state index is 12.5. The van der Waals surface area contributed by atoms with E-state index in [1.165, 1.54) is 18.2 Å². The average Bonchev–Trinajstić information content (AvgIpc) is 2.33. The van der Waals surface area contributed by atoms with Crippen LogP contribution in [0.25, 0.3) is 11.1 Å². The minimum Gasteiger partial charge on any atom is -0.383 e. The third-order valence-corrected chi connectivity index (χ3v) is 3.52. The van der Waals surface area contributed by atoms with Gasteiger partial charge in [-0.3, -0.25) is 0 Å². The molecule has 0 radical (unpaired) electrons. The molecule has 2 nitrogen and oxygen atoms in total. The van der Waals surface area contributed by atoms with Crippen molar-refractivity contribution in [2.24, 2.45) is 0 Å². The highest BCUT2D eigenvalue weighted by Gasteiger charge is 2.33. The summed E-state index contributed by atoms with van der Waals surface area (Å²) < 4.78 is 37.6. The lowest BCUT2D eigenvalue weighted by Gasteiger charge is -2.12. The lowest BCUT2D eigenvalue weighted by molar-refractivity contribution is -0.141. The van der Waals surface area contributed by atoms with Gasteiger partial charge in [-0.1, -0.05) is 34.8 Å². The predicted molar refractivity (Wildman–Crippen MR) is 74.1 cm³/mol. The van der Waals surface area contributed by atoms with E-state index in [2.05, 4.69) is 4.98 Å². The molecule has 0 saturated heterocycles. The largest absolute Gasteiger partial charge is 0.433 e. The van der Waals surface area contributed by atoms with Crippen molar-refractivity contribution in [1.82, 2.24) is 4.98 Å². The molecule has 2 N–H and O–H groups in total. The summed E-state index contributed by atoms with van der Waals surface area (Å²) in [7, 11) is 0. The first-order chi connectivity index (χ1) is 9.20. The van der Waals surface area contributed by atoms with Gasteiger partial charge in [-0.15, -0.1) is 0 Å². The normalized spacial score (nSPS) is 11.7. The van der Waals surface area contributed by atoms with Crippen LogP contribution in [0.3, 0.4) is 0 Å². The number of nitrogens with two attached hydrogens (primary N) is 1. The highest BCUT2D eigenvalue weighted by Crippen LogP contribution is 2.39. The van der Waals surface area contributed by atoms with Crippen LogP contribution in [-0.2, 0) is 6.18 Å². The molecule has 106 valence electrons. The summed E-state index contributed by atoms with van der Waals surface area (Å²) in [5.74, 6) is -0.306. The molecule has 20 heavy (non-hydrogen) atoms. The predicted octanol–water partition coefficient (Wildman–Crippen LogP) is 5.31. The zero-order chi connectivity index (χ0) is 15.1. The molecule has 0 bridgehead atoms. The van der Waals surface area contributed by atoms with Gasteiger partial charge < -0.3 is 5.73 Å². The second-order valence-electron chi connectivity index (χ2n) is 3.88. The summed E-state index contributed by atoms with van der Waals surface area (Å²) in [6.07, 6.45) is -4.57. The van der Waals surface area contributed by atoms with E-state index in [1.807, 2.05) is 0 Å². The molecule has 0 spiro atoms. The Morgan fingerprint density at radius 1 is 1.00 bits per heavy atom. The molecule has 2 rings (SSSR count). The Morgan fingerprint density at radius 3 is 2.20 bits per heavy atom. The Morgan fingerprint density at radius 2 is 1.65 bits per heavy atom. The van der Waals surface area contributed by atoms with Crippen LogP contribution >= 0.6 is 34.8 Å². The molecule has 0 aliphatic heterocycles. The van der Waals surface area contributed by atoms with E-state index in [1.54, 1.807) is 0 Å². The first kappa shape index (κ1) is 15.2. The smallest absolute Gasteiger partial charge is 0.383 e. The van der Waals surface area contributed by atoms with Crippen molar-refractivity contribution in [1.29, 1.82) is 0 Å². The standard InChI is InChI=1S/C12H6Cl3F3N2/c13-5-3-7(10(15)8(14)4-5)6-1-2-9(12(16,17)18)20-11(6)19/h1-4H,(H2,19,20). The lowest BCUT2D eigenvalue weighted by Crippen LogP contribution is -2.09. The molecule has 0 amide bonds. The van der Waals surface area contributed by atoms with Gasteiger partial charge in [0, 0.05) is 16.1 Å². The first-order valence-electron chi connectivity index (χ1n) is 5.19. The number of halogens is 6. The monoisotopic (exact) mass is 340 g/mol. The van der Waals surface area contributed by atoms with Crippen LogP contribution in [0.15, 0.2) is 24.3 Å². The number of aromatic nitrogens is 1. The van der Waals surface area contributed by atoms with Gasteiger partial charge in [-0.25, -0.2) is 4.98 Å². The van der Waals surface area contributed by atoms with E-state index in [9.17, 15) is 13.2 Å². The number of hydrogen-bond donors (Lipinski definition) is 1. The fraction of sp³-hybridized carbons (Fsp3) is 0.0833. The van der Waals surface area contributed by atoms with Crippen LogP contribution in [0.4, 0.5) is 19.0 Å². The number of rotatable bonds is 1. The number of pyridine rings is 1. The summed E-state index contributed by atoms with van der Waals surface area (Å²) in [6.45, 7) is 0. The molecule has 0 aliphatic rings. The molecular weight excluding hydrogens is 335 g/mol. The maximum absolute atomic E-state index is 12.5. The van der Waals surface area contributed by atoms with Gasteiger partial charge in [0.15, 0.2) is 0 Å². The quantitative estimate of drug-likeness (QED) is 0.714. The van der Waals surface area contributed by atoms with Crippen molar-refractivity contribution < 1.29 is 13.2 Å². The van der Waals surface area contributed by atoms with Crippen molar-refractivity contribution in [2.75, 3.05) is 5.73 Å². The average molecular weight is 342 g/mol. The number of nitrogens with zero attached hydrogens (tertiary/aromatic N) is 1. The Bertz CT molecular complexity index is 672. The van der Waals surface area contributed by atoms with Crippen LogP contribution in [0, 0.1) is 0 Å². The second kappa shape index (κ2) is 5.31. The second-order valence-corrected chi connectivity index (χ2v) is 5.10. The molecule has 1 heterocycles. The zero-order valence-electron chi connectivity index (χ0n) is 9.60. The fourth-order valence-electron chi connectivity index (χ4n) is 1.61. The molecule has 8 heteroatoms. The third kappa shape index (κ3) is 2.95. The van der Waals surface area contributed by atoms with Crippen LogP contribution in [0.2, 0.25) is 15.1 Å². The maximum Gasteiger partial charge on any atom is 0.433 e. The van der Waals surface area contributed by atoms with Gasteiger partial charge >= 0.3 is 6.18 Å². The van der Waals surface area contributed by atoms with Crippen LogP contribution in [0.5, 0.6) is 0 Å². The topological polar surface area (TPSA) is 38.9 Å². The minimum atomic E-state index is -4.57. The number of anilines is 1. The van der Waals surface area contributed by atoms with Crippen LogP contribution in [0.1, 0.15) is 5.69 Å². The molecule has 0 unspecified atom stereocenters. The minimum absolute atomic E-state index is 0.143. The Balaban J connectivity index is 2.60. The van der Waals surface area contributed by atoms with Crippen molar-refractivity contribution in [3.63, 3.8) is 0 Å². The van der Waals surface area contributed by atoms with Crippen molar-refractivity contribution >= 4 is 40.6 Å². The summed E-state index contributed by atoms with van der Waals surface area (Å²) in [4.78, 5) is 3.33. The fourth-order valence-corrected chi connectivity index (χ4v) is 2.32. The molecule has 0 atom stereocenters. The van der Waals surface area contributed by atoms with Gasteiger partial charge in [0.25, 0.3) is 0 Å². The number of alkyl halides is 3. The highest BCUT2D eigenvalue weighted by atomic mass is 35.5. The third-order valence-electron chi connectivity index (χ3n) is 2.50. The van der Waals surface area contributed by atoms with Gasteiger partial charge in [-0.05, 0) is 24.3 Å². The van der Waals surface area contributed by atoms with E-state index in [-0.39, 0.29) is 26.4 Å². The Hall–Kier alpha value is -1.17. The number of hydrogen-bond acceptors (Lipinski definition) is 2. The summed E-state index contributed by atoms with van der Waals surface area (Å²) in [5.41, 5.74) is 5.03. The summed E-state index contributed by atoms with van der Waals surface area (Å²) in [5, 5.41) is 0.603. The highest BCUT2D eigenvalue weighted by molar-refractivity contribution is 6.45. The first-order valence-corrected chi connectivity index (χ1v) is 6.32. The van der Waals surface area contributed by atoms with E-state index >= 15 is 0 Å². The molecule has 1 aromatic heterocycles. The molecular formula is C12H6Cl3F3N2. The lowest BCUT2D eigenvalue weighted by atomic mass is 10.1. The van der Waals surface area contributed by atoms with Crippen LogP contribution < -0.4 is 5.73 Å². The summed E-state index contributed by atoms with van der Waals surface area (Å²) >= 11 is 17.7. The Kier molecular flexibility index (Phi) is 4.04. The van der Waals surface area contributed by atoms with E-state index in [0.717, 1.165) is 6.07 Å². The van der Waals surface area contributed by atoms with Gasteiger partial charge in [-0.2, -0.15) is 13.2 Å². The molecule has 0 aliphatic carbocycles. The van der Waals surface area contributed by atoms with Gasteiger partial charge in [0.05, 0.1) is 10.0 Å². The van der Waals surface area contributed by atoms with E-state index in [4.69, 9.17) is 40.5 Å². The SMILES string of the molecule is Nc1nc(C(F)(F)F)ccc1-c1cc(Cl)cc(Cl)c1Cl. The summed E-state index contributed by atoms with van der Waals surface area (Å²) in [6, 6.07) is 4.87. The van der Waals surface area contributed by atoms with E-state index in [0.29, 0.717) is 5.56 Å². The van der Waals surface area contributed by atoms with Crippen LogP contribution in [-0.4, -0.2) is 4.98 Å². The molecule has 2 aromatic rings. The number of benzene rings is 1. The Labute approximate surface area is 127 Å².